The van der Waals surface area contributed by atoms with Gasteiger partial charge < -0.3 is 19.5 Å². The molecule has 1 aliphatic heterocycles. The molecule has 2 aromatic heterocycles. The van der Waals surface area contributed by atoms with Crippen LogP contribution in [0.5, 0.6) is 11.5 Å². The van der Waals surface area contributed by atoms with Gasteiger partial charge in [-0.15, -0.1) is 11.3 Å². The van der Waals surface area contributed by atoms with Gasteiger partial charge in [-0.25, -0.2) is 9.78 Å². The number of hydrogen-bond acceptors (Lipinski definition) is 7. The number of hydrogen-bond donors (Lipinski definition) is 1. The number of esters is 1. The van der Waals surface area contributed by atoms with Crippen LogP contribution in [0.2, 0.25) is 4.34 Å². The molecule has 1 aliphatic rings. The van der Waals surface area contributed by atoms with Gasteiger partial charge in [0.15, 0.2) is 18.1 Å². The van der Waals surface area contributed by atoms with E-state index < -0.39 is 18.5 Å². The number of thiophene rings is 1. The van der Waals surface area contributed by atoms with Gasteiger partial charge in [0, 0.05) is 17.1 Å². The van der Waals surface area contributed by atoms with Crippen molar-refractivity contribution in [1.82, 2.24) is 4.98 Å². The summed E-state index contributed by atoms with van der Waals surface area (Å²) in [5.41, 5.74) is 2.10. The number of pyridine rings is 1. The molecule has 0 bridgehead atoms. The number of carbonyl (C=O) groups is 2. The Morgan fingerprint density at radius 3 is 2.67 bits per heavy atom. The van der Waals surface area contributed by atoms with E-state index in [0.717, 1.165) is 4.88 Å². The number of rotatable bonds is 5. The van der Waals surface area contributed by atoms with Gasteiger partial charge in [0.1, 0.15) is 13.2 Å². The van der Waals surface area contributed by atoms with Crippen LogP contribution in [-0.4, -0.2) is 36.7 Å². The van der Waals surface area contributed by atoms with Crippen LogP contribution in [0.4, 0.5) is 5.69 Å². The average molecular weight is 481 g/mol. The summed E-state index contributed by atoms with van der Waals surface area (Å²) in [6.07, 6.45) is 0. The van der Waals surface area contributed by atoms with Gasteiger partial charge in [-0.2, -0.15) is 0 Å². The molecule has 0 unspecified atom stereocenters. The lowest BCUT2D eigenvalue weighted by Gasteiger charge is -2.19. The Morgan fingerprint density at radius 2 is 1.85 bits per heavy atom. The van der Waals surface area contributed by atoms with Crippen molar-refractivity contribution in [3.8, 4) is 22.1 Å². The van der Waals surface area contributed by atoms with Crippen LogP contribution < -0.4 is 14.8 Å². The largest absolute Gasteiger partial charge is 0.486 e. The van der Waals surface area contributed by atoms with E-state index in [-0.39, 0.29) is 0 Å². The molecule has 3 heterocycles. The minimum atomic E-state index is -0.616. The fourth-order valence-corrected chi connectivity index (χ4v) is 4.45. The summed E-state index contributed by atoms with van der Waals surface area (Å²) in [5.74, 6) is 0.0945. The fraction of sp³-hybridized carbons (Fsp3) is 0.125. The van der Waals surface area contributed by atoms with E-state index >= 15 is 0 Å². The first-order valence-corrected chi connectivity index (χ1v) is 11.3. The van der Waals surface area contributed by atoms with Crippen molar-refractivity contribution in [2.24, 2.45) is 0 Å². The topological polar surface area (TPSA) is 86.8 Å². The van der Waals surface area contributed by atoms with Crippen molar-refractivity contribution in [3.05, 3.63) is 70.6 Å². The van der Waals surface area contributed by atoms with Gasteiger partial charge in [-0.1, -0.05) is 29.8 Å². The third kappa shape index (κ3) is 4.62. The van der Waals surface area contributed by atoms with Crippen molar-refractivity contribution < 1.29 is 23.8 Å². The molecule has 0 saturated heterocycles. The van der Waals surface area contributed by atoms with E-state index in [1.807, 2.05) is 24.3 Å². The van der Waals surface area contributed by atoms with Crippen LogP contribution in [0.15, 0.2) is 60.7 Å². The zero-order chi connectivity index (χ0) is 22.8. The summed E-state index contributed by atoms with van der Waals surface area (Å²) < 4.78 is 16.9. The highest BCUT2D eigenvalue weighted by Gasteiger charge is 2.18. The van der Waals surface area contributed by atoms with Crippen LogP contribution in [-0.2, 0) is 9.53 Å². The molecule has 0 spiro atoms. The van der Waals surface area contributed by atoms with Crippen molar-refractivity contribution in [2.45, 2.75) is 0 Å². The second kappa shape index (κ2) is 9.09. The number of aromatic nitrogens is 1. The van der Waals surface area contributed by atoms with Gasteiger partial charge in [0.25, 0.3) is 5.91 Å². The van der Waals surface area contributed by atoms with Gasteiger partial charge in [0.2, 0.25) is 0 Å². The zero-order valence-corrected chi connectivity index (χ0v) is 18.7. The van der Waals surface area contributed by atoms with Gasteiger partial charge in [-0.05, 0) is 36.4 Å². The predicted octanol–water partition coefficient (Wildman–Crippen LogP) is 5.18. The molecule has 0 saturated carbocycles. The van der Waals surface area contributed by atoms with Crippen LogP contribution in [0.25, 0.3) is 21.5 Å². The number of carbonyl (C=O) groups excluding carboxylic acids is 2. The number of benzene rings is 2. The van der Waals surface area contributed by atoms with Crippen molar-refractivity contribution >= 4 is 51.4 Å². The number of para-hydroxylation sites is 1. The maximum Gasteiger partial charge on any atom is 0.339 e. The number of halogens is 1. The lowest BCUT2D eigenvalue weighted by Crippen LogP contribution is -2.21. The molecule has 7 nitrogen and oxygen atoms in total. The molecule has 2 aromatic carbocycles. The third-order valence-corrected chi connectivity index (χ3v) is 6.18. The lowest BCUT2D eigenvalue weighted by molar-refractivity contribution is -0.119. The lowest BCUT2D eigenvalue weighted by atomic mass is 10.1. The van der Waals surface area contributed by atoms with E-state index in [1.54, 1.807) is 36.4 Å². The molecular weight excluding hydrogens is 464 g/mol. The molecular formula is C24H17ClN2O5S. The van der Waals surface area contributed by atoms with E-state index in [9.17, 15) is 9.59 Å². The number of nitrogens with one attached hydrogen (secondary N) is 1. The molecule has 0 fully saturated rings. The zero-order valence-electron chi connectivity index (χ0n) is 17.2. The van der Waals surface area contributed by atoms with Gasteiger partial charge >= 0.3 is 5.97 Å². The molecule has 9 heteroatoms. The molecule has 1 amide bonds. The summed E-state index contributed by atoms with van der Waals surface area (Å²) in [5, 5.41) is 3.34. The molecule has 0 aliphatic carbocycles. The number of nitrogens with zero attached hydrogens (tertiary/aromatic N) is 1. The van der Waals surface area contributed by atoms with E-state index in [2.05, 4.69) is 10.3 Å². The van der Waals surface area contributed by atoms with Crippen molar-refractivity contribution in [1.29, 1.82) is 0 Å². The molecule has 1 N–H and O–H groups in total. The standard InChI is InChI=1S/C24H17ClN2O5S/c25-22-8-7-21(33-22)18-12-16(15-3-1-2-4-17(15)27-18)24(29)32-13-23(28)26-14-5-6-19-20(11-14)31-10-9-30-19/h1-8,11-12H,9-10,13H2,(H,26,28). The molecule has 5 rings (SSSR count). The summed E-state index contributed by atoms with van der Waals surface area (Å²) in [4.78, 5) is 30.8. The predicted molar refractivity (Wildman–Crippen MR) is 126 cm³/mol. The summed E-state index contributed by atoms with van der Waals surface area (Å²) in [6.45, 7) is 0.491. The van der Waals surface area contributed by atoms with Crippen molar-refractivity contribution in [3.63, 3.8) is 0 Å². The Morgan fingerprint density at radius 1 is 1.03 bits per heavy atom. The summed E-state index contributed by atoms with van der Waals surface area (Å²) in [7, 11) is 0. The summed E-state index contributed by atoms with van der Waals surface area (Å²) >= 11 is 7.43. The highest BCUT2D eigenvalue weighted by Crippen LogP contribution is 2.33. The highest BCUT2D eigenvalue weighted by molar-refractivity contribution is 7.19. The second-order valence-corrected chi connectivity index (χ2v) is 8.87. The van der Waals surface area contributed by atoms with Crippen LogP contribution in [0.1, 0.15) is 10.4 Å². The van der Waals surface area contributed by atoms with Crippen LogP contribution in [0.3, 0.4) is 0 Å². The molecule has 4 aromatic rings. The Bertz CT molecular complexity index is 1370. The highest BCUT2D eigenvalue weighted by atomic mass is 35.5. The van der Waals surface area contributed by atoms with Crippen LogP contribution in [0, 0.1) is 0 Å². The number of fused-ring (bicyclic) bond motifs is 2. The fourth-order valence-electron chi connectivity index (χ4n) is 3.45. The molecule has 0 radical (unpaired) electrons. The van der Waals surface area contributed by atoms with Crippen LogP contribution >= 0.6 is 22.9 Å². The normalized spacial score (nSPS) is 12.4. The minimum absolute atomic E-state index is 0.326. The molecule has 0 atom stereocenters. The monoisotopic (exact) mass is 480 g/mol. The Kier molecular flexibility index (Phi) is 5.85. The first-order chi connectivity index (χ1) is 16.1. The molecule has 166 valence electrons. The smallest absolute Gasteiger partial charge is 0.339 e. The third-order valence-electron chi connectivity index (χ3n) is 4.92. The summed E-state index contributed by atoms with van der Waals surface area (Å²) in [6, 6.07) is 17.6. The van der Waals surface area contributed by atoms with E-state index in [1.165, 1.54) is 11.3 Å². The quantitative estimate of drug-likeness (QED) is 0.396. The average Bonchev–Trinajstić information content (AvgIpc) is 3.28. The van der Waals surface area contributed by atoms with Gasteiger partial charge in [0.05, 0.1) is 26.0 Å². The second-order valence-electron chi connectivity index (χ2n) is 7.16. The minimum Gasteiger partial charge on any atom is -0.486 e. The maximum absolute atomic E-state index is 12.9. The number of amides is 1. The Balaban J connectivity index is 1.32. The van der Waals surface area contributed by atoms with E-state index in [4.69, 9.17) is 25.8 Å². The van der Waals surface area contributed by atoms with E-state index in [0.29, 0.717) is 56.9 Å². The van der Waals surface area contributed by atoms with Crippen molar-refractivity contribution in [2.75, 3.05) is 25.1 Å². The number of ether oxygens (including phenoxy) is 3. The van der Waals surface area contributed by atoms with Gasteiger partial charge in [-0.3, -0.25) is 4.79 Å². The number of anilines is 1. The SMILES string of the molecule is O=C(COC(=O)c1cc(-c2ccc(Cl)s2)nc2ccccc12)Nc1ccc2c(c1)OCCO2. The molecule has 33 heavy (non-hydrogen) atoms. The first-order valence-electron chi connectivity index (χ1n) is 10.1. The first kappa shape index (κ1) is 21.2. The Labute approximate surface area is 197 Å². The maximum atomic E-state index is 12.9. The Hall–Kier alpha value is -3.62.